The third-order valence-corrected chi connectivity index (χ3v) is 6.15. The lowest BCUT2D eigenvalue weighted by Crippen LogP contribution is -2.12. The monoisotopic (exact) mass is 378 g/mol. The molecule has 0 N–H and O–H groups in total. The number of hydrogen-bond donors (Lipinski definition) is 0. The molecule has 0 saturated carbocycles. The molecule has 4 heteroatoms. The second kappa shape index (κ2) is 8.79. The normalized spacial score (nSPS) is 13.5. The first-order valence-corrected chi connectivity index (χ1v) is 12.9. The molecule has 1 heterocycles. The summed E-state index contributed by atoms with van der Waals surface area (Å²) in [5.41, 5.74) is 3.79. The molecule has 148 valence electrons. The lowest BCUT2D eigenvalue weighted by Gasteiger charge is -2.24. The number of aromatic nitrogens is 2. The summed E-state index contributed by atoms with van der Waals surface area (Å²) in [6.07, 6.45) is 11.7. The summed E-state index contributed by atoms with van der Waals surface area (Å²) in [7, 11) is -0.507. The third kappa shape index (κ3) is 6.02. The van der Waals surface area contributed by atoms with E-state index in [1.165, 1.54) is 36.2 Å². The van der Waals surface area contributed by atoms with E-state index in [0.29, 0.717) is 6.73 Å². The van der Waals surface area contributed by atoms with Gasteiger partial charge in [0.2, 0.25) is 0 Å². The van der Waals surface area contributed by atoms with Gasteiger partial charge in [0.1, 0.15) is 12.6 Å². The van der Waals surface area contributed by atoms with Gasteiger partial charge in [0.25, 0.3) is 0 Å². The number of fused-ring (bicyclic) bond motifs is 1. The van der Waals surface area contributed by atoms with Crippen LogP contribution in [0.5, 0.6) is 0 Å². The van der Waals surface area contributed by atoms with Crippen LogP contribution in [0.4, 0.5) is 0 Å². The molecular formula is C22H38N2OS. The lowest BCUT2D eigenvalue weighted by molar-refractivity contribution is 0.0903. The molecule has 0 saturated heterocycles. The van der Waals surface area contributed by atoms with Crippen LogP contribution in [-0.2, 0) is 23.3 Å². The highest BCUT2D eigenvalue weighted by Gasteiger charge is 2.17. The molecule has 0 aliphatic heterocycles. The molecule has 0 atom stereocenters. The SMILES string of the molecule is CCCCCc1nc2cc(C(C)(C)C)ccc2n1COCCS(C)(C)C. The van der Waals surface area contributed by atoms with Crippen molar-refractivity contribution in [3.63, 3.8) is 0 Å². The van der Waals surface area contributed by atoms with E-state index in [9.17, 15) is 0 Å². The van der Waals surface area contributed by atoms with E-state index in [1.807, 2.05) is 0 Å². The third-order valence-electron chi connectivity index (χ3n) is 4.76. The van der Waals surface area contributed by atoms with Gasteiger partial charge in [-0.15, -0.1) is 0 Å². The number of unbranched alkanes of at least 4 members (excludes halogenated alkanes) is 2. The maximum absolute atomic E-state index is 6.05. The Hall–Kier alpha value is -1.00. The molecule has 0 aliphatic rings. The predicted octanol–water partition coefficient (Wildman–Crippen LogP) is 5.73. The van der Waals surface area contributed by atoms with Crippen LogP contribution >= 0.6 is 10.0 Å². The smallest absolute Gasteiger partial charge is 0.124 e. The highest BCUT2D eigenvalue weighted by molar-refractivity contribution is 8.32. The lowest BCUT2D eigenvalue weighted by atomic mass is 9.87. The maximum atomic E-state index is 6.05. The van der Waals surface area contributed by atoms with Crippen LogP contribution < -0.4 is 0 Å². The molecule has 0 radical (unpaired) electrons. The molecule has 0 spiro atoms. The number of rotatable bonds is 9. The van der Waals surface area contributed by atoms with Crippen molar-refractivity contribution in [3.8, 4) is 0 Å². The average Bonchev–Trinajstić information content (AvgIpc) is 2.87. The van der Waals surface area contributed by atoms with Crippen molar-refractivity contribution in [1.29, 1.82) is 0 Å². The van der Waals surface area contributed by atoms with Gasteiger partial charge in [0.15, 0.2) is 0 Å². The van der Waals surface area contributed by atoms with Crippen molar-refractivity contribution in [2.24, 2.45) is 0 Å². The number of ether oxygens (including phenoxy) is 1. The Morgan fingerprint density at radius 1 is 1.12 bits per heavy atom. The average molecular weight is 379 g/mol. The van der Waals surface area contributed by atoms with E-state index in [1.54, 1.807) is 0 Å². The molecule has 3 nitrogen and oxygen atoms in total. The fraction of sp³-hybridized carbons (Fsp3) is 0.682. The molecule has 0 fully saturated rings. The zero-order valence-electron chi connectivity index (χ0n) is 17.9. The van der Waals surface area contributed by atoms with E-state index >= 15 is 0 Å². The van der Waals surface area contributed by atoms with Gasteiger partial charge >= 0.3 is 0 Å². The van der Waals surface area contributed by atoms with Crippen LogP contribution in [0.2, 0.25) is 0 Å². The highest BCUT2D eigenvalue weighted by atomic mass is 32.3. The zero-order valence-corrected chi connectivity index (χ0v) is 18.7. The Bertz CT molecular complexity index is 707. The summed E-state index contributed by atoms with van der Waals surface area (Å²) in [4.78, 5) is 4.97. The fourth-order valence-electron chi connectivity index (χ4n) is 2.98. The number of aryl methyl sites for hydroxylation is 1. The number of nitrogens with zero attached hydrogens (tertiary/aromatic N) is 2. The second-order valence-corrected chi connectivity index (χ2v) is 13.8. The summed E-state index contributed by atoms with van der Waals surface area (Å²) >= 11 is 0. The largest absolute Gasteiger partial charge is 0.360 e. The Kier molecular flexibility index (Phi) is 7.20. The van der Waals surface area contributed by atoms with Gasteiger partial charge in [-0.25, -0.2) is 15.0 Å². The Morgan fingerprint density at radius 3 is 2.46 bits per heavy atom. The summed E-state index contributed by atoms with van der Waals surface area (Å²) in [6, 6.07) is 6.73. The zero-order chi connectivity index (χ0) is 19.4. The van der Waals surface area contributed by atoms with Crippen molar-refractivity contribution in [1.82, 2.24) is 9.55 Å². The summed E-state index contributed by atoms with van der Waals surface area (Å²) in [6.45, 7) is 10.5. The van der Waals surface area contributed by atoms with Gasteiger partial charge in [0.05, 0.1) is 17.6 Å². The van der Waals surface area contributed by atoms with Crippen molar-refractivity contribution in [3.05, 3.63) is 29.6 Å². The van der Waals surface area contributed by atoms with Gasteiger partial charge in [-0.3, -0.25) is 0 Å². The summed E-state index contributed by atoms with van der Waals surface area (Å²) in [5, 5.41) is 0. The minimum atomic E-state index is -0.507. The van der Waals surface area contributed by atoms with E-state index in [0.717, 1.165) is 24.3 Å². The summed E-state index contributed by atoms with van der Waals surface area (Å²) in [5.74, 6) is 2.32. The molecule has 1 aromatic carbocycles. The molecule has 0 bridgehead atoms. The standard InChI is InChI=1S/C22H38N2OS/c1-8-9-10-11-21-23-19-16-18(22(2,3)4)12-13-20(19)24(21)17-25-14-15-26(5,6)7/h12-13,16H,8-11,14-15,17H2,1-7H3. The van der Waals surface area contributed by atoms with Crippen molar-refractivity contribution < 1.29 is 4.74 Å². The van der Waals surface area contributed by atoms with Gasteiger partial charge in [-0.1, -0.05) is 46.6 Å². The van der Waals surface area contributed by atoms with E-state index in [4.69, 9.17) is 9.72 Å². The van der Waals surface area contributed by atoms with Crippen molar-refractivity contribution in [2.75, 3.05) is 31.1 Å². The Balaban J connectivity index is 2.23. The summed E-state index contributed by atoms with van der Waals surface area (Å²) < 4.78 is 8.34. The Morgan fingerprint density at radius 2 is 1.85 bits per heavy atom. The van der Waals surface area contributed by atoms with E-state index in [2.05, 4.69) is 69.2 Å². The van der Waals surface area contributed by atoms with Crippen LogP contribution in [-0.4, -0.2) is 40.7 Å². The fourth-order valence-corrected chi connectivity index (χ4v) is 3.60. The van der Waals surface area contributed by atoms with Crippen molar-refractivity contribution in [2.45, 2.75) is 65.5 Å². The van der Waals surface area contributed by atoms with Crippen LogP contribution in [0, 0.1) is 0 Å². The predicted molar refractivity (Wildman–Crippen MR) is 118 cm³/mol. The van der Waals surface area contributed by atoms with Crippen LogP contribution in [0.1, 0.15) is 58.3 Å². The van der Waals surface area contributed by atoms with Crippen LogP contribution in [0.25, 0.3) is 11.0 Å². The van der Waals surface area contributed by atoms with Gasteiger partial charge in [-0.05, 0) is 48.3 Å². The van der Waals surface area contributed by atoms with Crippen molar-refractivity contribution >= 4 is 21.1 Å². The quantitative estimate of drug-likeness (QED) is 0.521. The molecule has 0 amide bonds. The minimum Gasteiger partial charge on any atom is -0.360 e. The second-order valence-electron chi connectivity index (χ2n) is 9.20. The molecule has 0 unspecified atom stereocenters. The van der Waals surface area contributed by atoms with Gasteiger partial charge in [-0.2, -0.15) is 0 Å². The Labute approximate surface area is 161 Å². The minimum absolute atomic E-state index is 0.145. The molecule has 26 heavy (non-hydrogen) atoms. The topological polar surface area (TPSA) is 27.1 Å². The molecule has 2 rings (SSSR count). The molecule has 1 aromatic heterocycles. The number of imidazole rings is 1. The van der Waals surface area contributed by atoms with Crippen LogP contribution in [0.15, 0.2) is 18.2 Å². The first-order chi connectivity index (χ1) is 12.1. The molecule has 0 aliphatic carbocycles. The van der Waals surface area contributed by atoms with E-state index in [-0.39, 0.29) is 5.41 Å². The van der Waals surface area contributed by atoms with Gasteiger partial charge in [0, 0.05) is 12.2 Å². The number of hydrogen-bond acceptors (Lipinski definition) is 2. The number of benzene rings is 1. The maximum Gasteiger partial charge on any atom is 0.124 e. The van der Waals surface area contributed by atoms with Gasteiger partial charge < -0.3 is 9.30 Å². The molecular weight excluding hydrogens is 340 g/mol. The van der Waals surface area contributed by atoms with E-state index < -0.39 is 10.0 Å². The highest BCUT2D eigenvalue weighted by Crippen LogP contribution is 2.33. The first-order valence-electron chi connectivity index (χ1n) is 9.85. The van der Waals surface area contributed by atoms with Crippen LogP contribution in [0.3, 0.4) is 0 Å². The first kappa shape index (κ1) is 21.3. The molecule has 2 aromatic rings.